The summed E-state index contributed by atoms with van der Waals surface area (Å²) in [6.07, 6.45) is 7.20. The van der Waals surface area contributed by atoms with Crippen molar-refractivity contribution in [1.29, 1.82) is 5.26 Å². The summed E-state index contributed by atoms with van der Waals surface area (Å²) in [5, 5.41) is 22.4. The number of anilines is 1. The van der Waals surface area contributed by atoms with E-state index in [-0.39, 0.29) is 35.0 Å². The third-order valence-electron chi connectivity index (χ3n) is 10.2. The highest BCUT2D eigenvalue weighted by Crippen LogP contribution is 2.55. The molecule has 1 spiro atoms. The maximum atomic E-state index is 13.2. The van der Waals surface area contributed by atoms with Crippen molar-refractivity contribution in [3.63, 3.8) is 0 Å². The van der Waals surface area contributed by atoms with Gasteiger partial charge in [0.2, 0.25) is 5.95 Å². The highest BCUT2D eigenvalue weighted by atomic mass is 35.5. The van der Waals surface area contributed by atoms with Crippen LogP contribution in [0.25, 0.3) is 0 Å². The molecule has 2 saturated carbocycles. The standard InChI is InChI=1S/C32H41ClN6O3/c1-30(2)27(31(3,4)28(30)42-24-6-5-21(14-34)25(33)11-24)37-26(41)22-15-35-29(36-16-22)39-9-7-20(8-10-39)17-38-18-32(19-38)12-23(40)13-32/h5-6,11,15-16,20,23,27-28,40H,7-10,12-13,17-19H2,1-4H3,(H,37,41). The first-order valence-corrected chi connectivity index (χ1v) is 15.4. The third kappa shape index (κ3) is 5.23. The zero-order chi connectivity index (χ0) is 29.9. The minimum atomic E-state index is -0.347. The van der Waals surface area contributed by atoms with Crippen molar-refractivity contribution in [2.24, 2.45) is 22.2 Å². The number of aliphatic hydroxyl groups is 1. The Morgan fingerprint density at radius 1 is 1.14 bits per heavy atom. The Morgan fingerprint density at radius 2 is 1.79 bits per heavy atom. The van der Waals surface area contributed by atoms with Crippen molar-refractivity contribution in [2.75, 3.05) is 37.6 Å². The van der Waals surface area contributed by atoms with E-state index in [4.69, 9.17) is 21.6 Å². The lowest BCUT2D eigenvalue weighted by molar-refractivity contribution is -0.164. The number of aromatic nitrogens is 2. The van der Waals surface area contributed by atoms with E-state index in [1.165, 1.54) is 0 Å². The third-order valence-corrected chi connectivity index (χ3v) is 10.5. The number of amides is 1. The summed E-state index contributed by atoms with van der Waals surface area (Å²) in [5.41, 5.74) is 0.575. The SMILES string of the molecule is CC1(C)C(NC(=O)c2cnc(N3CCC(CN4CC5(CC(O)C5)C4)CC3)nc2)C(C)(C)C1Oc1ccc(C#N)c(Cl)c1. The molecular weight excluding hydrogens is 552 g/mol. The van der Waals surface area contributed by atoms with Crippen LogP contribution in [-0.4, -0.2) is 76.9 Å². The molecule has 4 aliphatic rings. The van der Waals surface area contributed by atoms with Crippen LogP contribution in [-0.2, 0) is 0 Å². The fraction of sp³-hybridized carbons (Fsp3) is 0.625. The molecule has 0 unspecified atom stereocenters. The quantitative estimate of drug-likeness (QED) is 0.489. The van der Waals surface area contributed by atoms with Gasteiger partial charge in [0.05, 0.1) is 22.3 Å². The number of carbonyl (C=O) groups is 1. The van der Waals surface area contributed by atoms with E-state index in [1.807, 2.05) is 0 Å². The number of likely N-dealkylation sites (tertiary alicyclic amines) is 1. The van der Waals surface area contributed by atoms with Gasteiger partial charge in [0, 0.05) is 73.5 Å². The first-order chi connectivity index (χ1) is 19.9. The fourth-order valence-electron chi connectivity index (χ4n) is 8.32. The summed E-state index contributed by atoms with van der Waals surface area (Å²) >= 11 is 6.21. The Hall–Kier alpha value is -2.93. The monoisotopic (exact) mass is 592 g/mol. The van der Waals surface area contributed by atoms with Crippen LogP contribution in [0.15, 0.2) is 30.6 Å². The van der Waals surface area contributed by atoms with Crippen molar-refractivity contribution >= 4 is 23.5 Å². The normalized spacial score (nSPS) is 26.5. The van der Waals surface area contributed by atoms with Gasteiger partial charge >= 0.3 is 0 Å². The van der Waals surface area contributed by atoms with E-state index in [1.54, 1.807) is 30.6 Å². The number of nitriles is 1. The molecule has 3 heterocycles. The molecule has 10 heteroatoms. The van der Waals surface area contributed by atoms with Crippen LogP contribution in [0.1, 0.15) is 69.3 Å². The molecule has 2 aliphatic carbocycles. The first kappa shape index (κ1) is 29.2. The molecule has 0 atom stereocenters. The maximum Gasteiger partial charge on any atom is 0.254 e. The lowest BCUT2D eigenvalue weighted by Gasteiger charge is -2.63. The van der Waals surface area contributed by atoms with Gasteiger partial charge in [-0.05, 0) is 43.7 Å². The van der Waals surface area contributed by atoms with Crippen molar-refractivity contribution < 1.29 is 14.6 Å². The van der Waals surface area contributed by atoms with E-state index < -0.39 is 0 Å². The number of hydrogen-bond acceptors (Lipinski definition) is 8. The number of ether oxygens (including phenoxy) is 1. The zero-order valence-corrected chi connectivity index (χ0v) is 25.7. The number of carbonyl (C=O) groups excluding carboxylic acids is 1. The number of halogens is 1. The first-order valence-electron chi connectivity index (χ1n) is 15.0. The van der Waals surface area contributed by atoms with Gasteiger partial charge in [0.1, 0.15) is 17.9 Å². The van der Waals surface area contributed by atoms with Crippen molar-refractivity contribution in [3.8, 4) is 11.8 Å². The summed E-state index contributed by atoms with van der Waals surface area (Å²) in [6.45, 7) is 13.6. The Kier molecular flexibility index (Phi) is 7.40. The van der Waals surface area contributed by atoms with E-state index >= 15 is 0 Å². The van der Waals surface area contributed by atoms with E-state index in [2.05, 4.69) is 58.8 Å². The van der Waals surface area contributed by atoms with Crippen LogP contribution < -0.4 is 15.0 Å². The minimum Gasteiger partial charge on any atom is -0.489 e. The second-order valence-electron chi connectivity index (χ2n) is 14.2. The molecule has 42 heavy (non-hydrogen) atoms. The number of nitrogens with zero attached hydrogens (tertiary/aromatic N) is 5. The smallest absolute Gasteiger partial charge is 0.254 e. The predicted molar refractivity (Wildman–Crippen MR) is 160 cm³/mol. The second-order valence-corrected chi connectivity index (χ2v) is 14.6. The molecule has 2 aromatic rings. The maximum absolute atomic E-state index is 13.2. The summed E-state index contributed by atoms with van der Waals surface area (Å²) in [6, 6.07) is 7.02. The summed E-state index contributed by atoms with van der Waals surface area (Å²) < 4.78 is 6.33. The minimum absolute atomic E-state index is 0.0711. The molecule has 2 saturated heterocycles. The lowest BCUT2D eigenvalue weighted by Crippen LogP contribution is -2.74. The predicted octanol–water partition coefficient (Wildman–Crippen LogP) is 4.29. The number of nitrogens with one attached hydrogen (secondary N) is 1. The Bertz CT molecular complexity index is 1350. The number of piperidine rings is 1. The largest absolute Gasteiger partial charge is 0.489 e. The van der Waals surface area contributed by atoms with E-state index in [0.29, 0.717) is 39.2 Å². The molecular formula is C32H41ClN6O3. The van der Waals surface area contributed by atoms with Crippen molar-refractivity contribution in [3.05, 3.63) is 46.7 Å². The van der Waals surface area contributed by atoms with Gasteiger partial charge < -0.3 is 25.0 Å². The van der Waals surface area contributed by atoms with Gasteiger partial charge in [-0.2, -0.15) is 5.26 Å². The second kappa shape index (κ2) is 10.7. The number of aliphatic hydroxyl groups excluding tert-OH is 1. The van der Waals surface area contributed by atoms with Crippen LogP contribution in [0.4, 0.5) is 5.95 Å². The van der Waals surface area contributed by atoms with Gasteiger partial charge in [0.25, 0.3) is 5.91 Å². The van der Waals surface area contributed by atoms with Crippen LogP contribution >= 0.6 is 11.6 Å². The van der Waals surface area contributed by atoms with E-state index in [0.717, 1.165) is 58.4 Å². The molecule has 4 fully saturated rings. The van der Waals surface area contributed by atoms with Crippen molar-refractivity contribution in [1.82, 2.24) is 20.2 Å². The number of rotatable bonds is 7. The number of hydrogen-bond donors (Lipinski definition) is 2. The van der Waals surface area contributed by atoms with Crippen molar-refractivity contribution in [2.45, 2.75) is 71.6 Å². The van der Waals surface area contributed by atoms with Crippen LogP contribution in [0, 0.1) is 33.5 Å². The molecule has 0 radical (unpaired) electrons. The van der Waals surface area contributed by atoms with Gasteiger partial charge in [-0.25, -0.2) is 9.97 Å². The number of benzene rings is 1. The highest BCUT2D eigenvalue weighted by Gasteiger charge is 2.64. The molecule has 1 aromatic heterocycles. The summed E-state index contributed by atoms with van der Waals surface area (Å²) in [4.78, 5) is 27.1. The molecule has 9 nitrogen and oxygen atoms in total. The molecule has 1 aromatic carbocycles. The van der Waals surface area contributed by atoms with Gasteiger partial charge in [-0.3, -0.25) is 4.79 Å². The molecule has 6 rings (SSSR count). The summed E-state index contributed by atoms with van der Waals surface area (Å²) in [7, 11) is 0. The fourth-order valence-corrected chi connectivity index (χ4v) is 8.53. The van der Waals surface area contributed by atoms with E-state index in [9.17, 15) is 9.90 Å². The Balaban J connectivity index is 0.997. The highest BCUT2D eigenvalue weighted by molar-refractivity contribution is 6.31. The Morgan fingerprint density at radius 3 is 2.36 bits per heavy atom. The van der Waals surface area contributed by atoms with Crippen LogP contribution in [0.3, 0.4) is 0 Å². The van der Waals surface area contributed by atoms with Gasteiger partial charge in [-0.1, -0.05) is 39.3 Å². The van der Waals surface area contributed by atoms with Crippen LogP contribution in [0.5, 0.6) is 5.75 Å². The summed E-state index contributed by atoms with van der Waals surface area (Å²) in [5.74, 6) is 1.77. The zero-order valence-electron chi connectivity index (χ0n) is 24.9. The molecule has 2 N–H and O–H groups in total. The topological polar surface area (TPSA) is 115 Å². The average Bonchev–Trinajstić information content (AvgIpc) is 2.93. The Labute approximate surface area is 253 Å². The molecule has 1 amide bonds. The van der Waals surface area contributed by atoms with Crippen LogP contribution in [0.2, 0.25) is 5.02 Å². The molecule has 2 aliphatic heterocycles. The van der Waals surface area contributed by atoms with Gasteiger partial charge in [0.15, 0.2) is 0 Å². The lowest BCUT2D eigenvalue weighted by atomic mass is 9.49. The molecule has 0 bridgehead atoms. The average molecular weight is 593 g/mol. The van der Waals surface area contributed by atoms with Gasteiger partial charge in [-0.15, -0.1) is 0 Å². The molecule has 224 valence electrons.